The van der Waals surface area contributed by atoms with Crippen LogP contribution in [0.5, 0.6) is 0 Å². The molecule has 3 unspecified atom stereocenters. The van der Waals surface area contributed by atoms with Crippen LogP contribution in [0.4, 0.5) is 0 Å². The molecule has 0 spiro atoms. The number of amides is 1. The van der Waals surface area contributed by atoms with Crippen LogP contribution >= 0.6 is 11.8 Å². The molecule has 8 heteroatoms. The Balaban J connectivity index is 1.49. The van der Waals surface area contributed by atoms with Crippen LogP contribution in [0.25, 0.3) is 0 Å². The van der Waals surface area contributed by atoms with Gasteiger partial charge in [0.05, 0.1) is 11.6 Å². The highest BCUT2D eigenvalue weighted by molar-refractivity contribution is 8.14. The number of carbonyl (C=O) groups excluding carboxylic acids is 3. The number of rotatable bonds is 8. The van der Waals surface area contributed by atoms with Gasteiger partial charge in [0.25, 0.3) is 0 Å². The third-order valence-corrected chi connectivity index (χ3v) is 5.92. The van der Waals surface area contributed by atoms with Crippen LogP contribution in [0.3, 0.4) is 0 Å². The SMILES string of the molecule is COC(OC(=O)c1ccc(CNC(=O)C2CC(SC(C)=O)CN2)cc1)c1ccccc1. The molecule has 1 amide bonds. The zero-order valence-electron chi connectivity index (χ0n) is 17.5. The van der Waals surface area contributed by atoms with Crippen LogP contribution in [0.15, 0.2) is 54.6 Å². The molecule has 1 heterocycles. The number of hydrogen-bond acceptors (Lipinski definition) is 7. The van der Waals surface area contributed by atoms with E-state index in [1.165, 1.54) is 25.8 Å². The highest BCUT2D eigenvalue weighted by Crippen LogP contribution is 2.22. The Kier molecular flexibility index (Phi) is 8.22. The number of benzene rings is 2. The fourth-order valence-electron chi connectivity index (χ4n) is 3.33. The standard InChI is InChI=1S/C23H26N2O5S/c1-15(26)31-19-12-20(24-14-19)21(27)25-13-16-8-10-17(11-9-16)22(28)30-23(29-2)18-6-4-3-5-7-18/h3-11,19-20,23-24H,12-14H2,1-2H3,(H,25,27). The molecule has 0 aliphatic carbocycles. The third-order valence-electron chi connectivity index (χ3n) is 4.90. The number of thioether (sulfide) groups is 1. The van der Waals surface area contributed by atoms with Crippen molar-refractivity contribution in [3.8, 4) is 0 Å². The van der Waals surface area contributed by atoms with E-state index < -0.39 is 12.3 Å². The van der Waals surface area contributed by atoms with E-state index in [1.807, 2.05) is 30.3 Å². The van der Waals surface area contributed by atoms with E-state index in [2.05, 4.69) is 10.6 Å². The summed E-state index contributed by atoms with van der Waals surface area (Å²) in [7, 11) is 1.48. The minimum Gasteiger partial charge on any atom is -0.428 e. The summed E-state index contributed by atoms with van der Waals surface area (Å²) < 4.78 is 10.7. The molecule has 0 saturated carbocycles. The first-order chi connectivity index (χ1) is 15.0. The maximum atomic E-state index is 12.4. The zero-order valence-corrected chi connectivity index (χ0v) is 18.3. The van der Waals surface area contributed by atoms with Crippen LogP contribution < -0.4 is 10.6 Å². The predicted octanol–water partition coefficient (Wildman–Crippen LogP) is 2.82. The number of hydrogen-bond donors (Lipinski definition) is 2. The maximum Gasteiger partial charge on any atom is 0.340 e. The van der Waals surface area contributed by atoms with Gasteiger partial charge in [-0.2, -0.15) is 0 Å². The molecule has 7 nitrogen and oxygen atoms in total. The lowest BCUT2D eigenvalue weighted by Crippen LogP contribution is -2.40. The summed E-state index contributed by atoms with van der Waals surface area (Å²) in [6, 6.07) is 15.8. The number of methoxy groups -OCH3 is 1. The summed E-state index contributed by atoms with van der Waals surface area (Å²) in [6.07, 6.45) is -0.153. The smallest absolute Gasteiger partial charge is 0.340 e. The summed E-state index contributed by atoms with van der Waals surface area (Å²) in [5.74, 6) is -0.587. The van der Waals surface area contributed by atoms with Crippen molar-refractivity contribution in [1.29, 1.82) is 0 Å². The number of esters is 1. The Bertz CT molecular complexity index is 904. The average Bonchev–Trinajstić information content (AvgIpc) is 3.24. The van der Waals surface area contributed by atoms with Crippen LogP contribution in [-0.4, -0.2) is 41.9 Å². The van der Waals surface area contributed by atoms with E-state index in [0.29, 0.717) is 25.1 Å². The van der Waals surface area contributed by atoms with Crippen LogP contribution in [0.1, 0.15) is 41.1 Å². The molecule has 1 aliphatic rings. The predicted molar refractivity (Wildman–Crippen MR) is 118 cm³/mol. The minimum atomic E-state index is -0.781. The van der Waals surface area contributed by atoms with Crippen LogP contribution in [0.2, 0.25) is 0 Å². The highest BCUT2D eigenvalue weighted by Gasteiger charge is 2.30. The summed E-state index contributed by atoms with van der Waals surface area (Å²) in [5.41, 5.74) is 2.01. The minimum absolute atomic E-state index is 0.0621. The number of carbonyl (C=O) groups is 3. The van der Waals surface area contributed by atoms with Crippen molar-refractivity contribution in [2.24, 2.45) is 0 Å². The van der Waals surface area contributed by atoms with Gasteiger partial charge in [-0.05, 0) is 24.1 Å². The van der Waals surface area contributed by atoms with Crippen molar-refractivity contribution < 1.29 is 23.9 Å². The summed E-state index contributed by atoms with van der Waals surface area (Å²) in [5, 5.41) is 6.24. The Hall–Kier alpha value is -2.68. The first-order valence-corrected chi connectivity index (χ1v) is 10.9. The van der Waals surface area contributed by atoms with Gasteiger partial charge < -0.3 is 20.1 Å². The second-order valence-electron chi connectivity index (χ2n) is 7.23. The van der Waals surface area contributed by atoms with Crippen molar-refractivity contribution in [2.75, 3.05) is 13.7 Å². The van der Waals surface area contributed by atoms with E-state index in [0.717, 1.165) is 11.1 Å². The molecule has 3 rings (SSSR count). The Morgan fingerprint density at radius 1 is 1.13 bits per heavy atom. The molecule has 0 radical (unpaired) electrons. The molecule has 2 aromatic rings. The molecule has 31 heavy (non-hydrogen) atoms. The summed E-state index contributed by atoms with van der Waals surface area (Å²) in [4.78, 5) is 36.0. The molecule has 1 saturated heterocycles. The fourth-order valence-corrected chi connectivity index (χ4v) is 4.26. The van der Waals surface area contributed by atoms with E-state index in [4.69, 9.17) is 9.47 Å². The summed E-state index contributed by atoms with van der Waals surface area (Å²) >= 11 is 1.27. The van der Waals surface area contributed by atoms with Crippen molar-refractivity contribution in [3.63, 3.8) is 0 Å². The molecule has 2 aromatic carbocycles. The van der Waals surface area contributed by atoms with Gasteiger partial charge in [-0.15, -0.1) is 0 Å². The normalized spacial score (nSPS) is 18.9. The van der Waals surface area contributed by atoms with E-state index in [1.54, 1.807) is 24.3 Å². The molecule has 0 aromatic heterocycles. The van der Waals surface area contributed by atoms with Crippen LogP contribution in [0, 0.1) is 0 Å². The van der Waals surface area contributed by atoms with E-state index in [9.17, 15) is 14.4 Å². The van der Waals surface area contributed by atoms with Gasteiger partial charge in [0.15, 0.2) is 5.12 Å². The maximum absolute atomic E-state index is 12.4. The van der Waals surface area contributed by atoms with Gasteiger partial charge in [-0.25, -0.2) is 4.79 Å². The number of nitrogens with one attached hydrogen (secondary N) is 2. The second kappa shape index (κ2) is 11.1. The second-order valence-corrected chi connectivity index (χ2v) is 8.70. The van der Waals surface area contributed by atoms with E-state index >= 15 is 0 Å². The molecule has 164 valence electrons. The van der Waals surface area contributed by atoms with E-state index in [-0.39, 0.29) is 22.3 Å². The van der Waals surface area contributed by atoms with Gasteiger partial charge in [-0.3, -0.25) is 9.59 Å². The lowest BCUT2D eigenvalue weighted by molar-refractivity contribution is -0.123. The first-order valence-electron chi connectivity index (χ1n) is 10.0. The summed E-state index contributed by atoms with van der Waals surface area (Å²) in [6.45, 7) is 2.53. The van der Waals surface area contributed by atoms with Crippen LogP contribution in [-0.2, 0) is 25.6 Å². The molecule has 2 N–H and O–H groups in total. The molecule has 0 bridgehead atoms. The molecular formula is C23H26N2O5S. The van der Waals surface area contributed by atoms with Crippen molar-refractivity contribution in [2.45, 2.75) is 37.5 Å². The first kappa shape index (κ1) is 23.0. The van der Waals surface area contributed by atoms with Gasteiger partial charge in [0.2, 0.25) is 12.2 Å². The average molecular weight is 443 g/mol. The van der Waals surface area contributed by atoms with Gasteiger partial charge in [0, 0.05) is 37.9 Å². The topological polar surface area (TPSA) is 93.7 Å². The van der Waals surface area contributed by atoms with Gasteiger partial charge >= 0.3 is 5.97 Å². The Labute approximate surface area is 185 Å². The number of ether oxygens (including phenoxy) is 2. The lowest BCUT2D eigenvalue weighted by Gasteiger charge is -2.16. The molecule has 3 atom stereocenters. The van der Waals surface area contributed by atoms with Gasteiger partial charge in [0.1, 0.15) is 0 Å². The molecular weight excluding hydrogens is 416 g/mol. The van der Waals surface area contributed by atoms with Crippen molar-refractivity contribution in [3.05, 3.63) is 71.3 Å². The third kappa shape index (κ3) is 6.65. The fraction of sp³-hybridized carbons (Fsp3) is 0.348. The monoisotopic (exact) mass is 442 g/mol. The largest absolute Gasteiger partial charge is 0.428 e. The highest BCUT2D eigenvalue weighted by atomic mass is 32.2. The molecule has 1 fully saturated rings. The van der Waals surface area contributed by atoms with Gasteiger partial charge in [-0.1, -0.05) is 54.2 Å². The Morgan fingerprint density at radius 2 is 1.84 bits per heavy atom. The van der Waals surface area contributed by atoms with Crippen molar-refractivity contribution >= 4 is 28.8 Å². The quantitative estimate of drug-likeness (QED) is 0.480. The Morgan fingerprint density at radius 3 is 2.48 bits per heavy atom. The zero-order chi connectivity index (χ0) is 22.2. The molecule has 1 aliphatic heterocycles. The lowest BCUT2D eigenvalue weighted by atomic mass is 10.1. The van der Waals surface area contributed by atoms with Crippen molar-refractivity contribution in [1.82, 2.24) is 10.6 Å².